The Hall–Kier alpha value is -1.20. The molecule has 0 saturated heterocycles. The Balaban J connectivity index is 2.60. The quantitative estimate of drug-likeness (QED) is 0.225. The van der Waals surface area contributed by atoms with E-state index in [0.29, 0.717) is 5.75 Å². The first-order valence-electron chi connectivity index (χ1n) is 4.12. The minimum absolute atomic E-state index is 0.190. The van der Waals surface area contributed by atoms with Crippen molar-refractivity contribution in [2.75, 3.05) is 11.5 Å². The zero-order valence-electron chi connectivity index (χ0n) is 7.91. The second kappa shape index (κ2) is 4.88. The van der Waals surface area contributed by atoms with Crippen molar-refractivity contribution in [1.29, 1.82) is 0 Å². The van der Waals surface area contributed by atoms with E-state index in [1.54, 1.807) is 0 Å². The summed E-state index contributed by atoms with van der Waals surface area (Å²) in [6.07, 6.45) is 0. The van der Waals surface area contributed by atoms with E-state index >= 15 is 0 Å². The van der Waals surface area contributed by atoms with Crippen LogP contribution in [0.3, 0.4) is 0 Å². The van der Waals surface area contributed by atoms with E-state index in [4.69, 9.17) is 11.6 Å². The van der Waals surface area contributed by atoms with Gasteiger partial charge < -0.3 is 5.73 Å². The molecule has 76 valence electrons. The average molecular weight is 211 g/mol. The Morgan fingerprint density at radius 1 is 1.57 bits per heavy atom. The number of hydrogen-bond acceptors (Lipinski definition) is 4. The maximum atomic E-state index is 10.9. The van der Waals surface area contributed by atoms with E-state index < -0.39 is 0 Å². The summed E-state index contributed by atoms with van der Waals surface area (Å²) in [5, 5.41) is 0. The predicted octanol–water partition coefficient (Wildman–Crippen LogP) is 0.659. The molecule has 0 saturated carbocycles. The summed E-state index contributed by atoms with van der Waals surface area (Å²) in [6.45, 7) is 1.93. The van der Waals surface area contributed by atoms with E-state index in [9.17, 15) is 4.79 Å². The highest BCUT2D eigenvalue weighted by atomic mass is 32.2. The molecule has 0 heterocycles. The molecule has 0 atom stereocenters. The van der Waals surface area contributed by atoms with Gasteiger partial charge in [0.1, 0.15) is 0 Å². The van der Waals surface area contributed by atoms with Crippen molar-refractivity contribution in [3.05, 3.63) is 23.8 Å². The summed E-state index contributed by atoms with van der Waals surface area (Å²) < 4.78 is 0. The van der Waals surface area contributed by atoms with E-state index in [1.807, 2.05) is 25.1 Å². The summed E-state index contributed by atoms with van der Waals surface area (Å²) in [5.74, 6) is 5.09. The van der Waals surface area contributed by atoms with Gasteiger partial charge in [0.25, 0.3) is 0 Å². The molecular weight excluding hydrogens is 198 g/mol. The monoisotopic (exact) mass is 211 g/mol. The third kappa shape index (κ3) is 2.93. The van der Waals surface area contributed by atoms with Gasteiger partial charge >= 0.3 is 0 Å². The first-order chi connectivity index (χ1) is 6.63. The third-order valence-electron chi connectivity index (χ3n) is 1.77. The SMILES string of the molecule is Cc1cc(SCC(=O)NN)ccc1N. The van der Waals surface area contributed by atoms with Gasteiger partial charge in [0, 0.05) is 10.6 Å². The molecule has 4 nitrogen and oxygen atoms in total. The first-order valence-corrected chi connectivity index (χ1v) is 5.10. The van der Waals surface area contributed by atoms with Crippen molar-refractivity contribution < 1.29 is 4.79 Å². The summed E-state index contributed by atoms with van der Waals surface area (Å²) in [6, 6.07) is 5.67. The number of benzene rings is 1. The summed E-state index contributed by atoms with van der Waals surface area (Å²) >= 11 is 1.43. The molecular formula is C9H13N3OS. The molecule has 5 heteroatoms. The Kier molecular flexibility index (Phi) is 3.79. The number of amides is 1. The van der Waals surface area contributed by atoms with Crippen LogP contribution in [0.15, 0.2) is 23.1 Å². The zero-order chi connectivity index (χ0) is 10.6. The number of carbonyl (C=O) groups excluding carboxylic acids is 1. The zero-order valence-corrected chi connectivity index (χ0v) is 8.73. The van der Waals surface area contributed by atoms with Gasteiger partial charge in [0.05, 0.1) is 5.75 Å². The normalized spacial score (nSPS) is 9.86. The molecule has 0 unspecified atom stereocenters. The molecule has 0 fully saturated rings. The van der Waals surface area contributed by atoms with Gasteiger partial charge in [-0.05, 0) is 30.7 Å². The van der Waals surface area contributed by atoms with Crippen molar-refractivity contribution in [3.63, 3.8) is 0 Å². The maximum absolute atomic E-state index is 10.9. The molecule has 1 aromatic rings. The minimum Gasteiger partial charge on any atom is -0.399 e. The number of nitrogen functional groups attached to an aromatic ring is 1. The summed E-state index contributed by atoms with van der Waals surface area (Å²) in [5.41, 5.74) is 9.52. The van der Waals surface area contributed by atoms with Crippen LogP contribution in [-0.4, -0.2) is 11.7 Å². The largest absolute Gasteiger partial charge is 0.399 e. The van der Waals surface area contributed by atoms with Gasteiger partial charge in [-0.3, -0.25) is 10.2 Å². The van der Waals surface area contributed by atoms with E-state index in [1.165, 1.54) is 11.8 Å². The number of hydrogen-bond donors (Lipinski definition) is 3. The molecule has 0 aromatic heterocycles. The average Bonchev–Trinajstić information content (AvgIpc) is 2.19. The maximum Gasteiger partial charge on any atom is 0.244 e. The van der Waals surface area contributed by atoms with Gasteiger partial charge in [-0.2, -0.15) is 0 Å². The molecule has 0 aliphatic carbocycles. The van der Waals surface area contributed by atoms with Crippen LogP contribution in [0.25, 0.3) is 0 Å². The van der Waals surface area contributed by atoms with Gasteiger partial charge in [-0.15, -0.1) is 11.8 Å². The molecule has 0 aliphatic heterocycles. The van der Waals surface area contributed by atoms with Crippen molar-refractivity contribution in [2.45, 2.75) is 11.8 Å². The fourth-order valence-corrected chi connectivity index (χ4v) is 1.73. The summed E-state index contributed by atoms with van der Waals surface area (Å²) in [4.78, 5) is 11.9. The molecule has 0 bridgehead atoms. The highest BCUT2D eigenvalue weighted by Crippen LogP contribution is 2.21. The molecule has 1 rings (SSSR count). The molecule has 1 aromatic carbocycles. The number of rotatable bonds is 3. The fraction of sp³-hybridized carbons (Fsp3) is 0.222. The standard InChI is InChI=1S/C9H13N3OS/c1-6-4-7(2-3-8(6)10)14-5-9(13)12-11/h2-4H,5,10-11H2,1H3,(H,12,13). The summed E-state index contributed by atoms with van der Waals surface area (Å²) in [7, 11) is 0. The van der Waals surface area contributed by atoms with Gasteiger partial charge in [0.15, 0.2) is 0 Å². The van der Waals surface area contributed by atoms with Crippen LogP contribution in [0.2, 0.25) is 0 Å². The number of anilines is 1. The number of aryl methyl sites for hydroxylation is 1. The lowest BCUT2D eigenvalue weighted by Crippen LogP contribution is -2.31. The number of thioether (sulfide) groups is 1. The smallest absolute Gasteiger partial charge is 0.244 e. The van der Waals surface area contributed by atoms with Crippen LogP contribution in [-0.2, 0) is 4.79 Å². The van der Waals surface area contributed by atoms with Gasteiger partial charge in [0.2, 0.25) is 5.91 Å². The number of hydrazine groups is 1. The Labute approximate surface area is 87.0 Å². The highest BCUT2D eigenvalue weighted by molar-refractivity contribution is 8.00. The third-order valence-corrected chi connectivity index (χ3v) is 2.77. The lowest BCUT2D eigenvalue weighted by molar-refractivity contribution is -0.118. The fourth-order valence-electron chi connectivity index (χ4n) is 0.929. The van der Waals surface area contributed by atoms with Crippen LogP contribution in [0, 0.1) is 6.92 Å². The Bertz CT molecular complexity index is 341. The Morgan fingerprint density at radius 2 is 2.29 bits per heavy atom. The Morgan fingerprint density at radius 3 is 2.86 bits per heavy atom. The lowest BCUT2D eigenvalue weighted by Gasteiger charge is -2.04. The van der Waals surface area contributed by atoms with E-state index in [0.717, 1.165) is 16.1 Å². The van der Waals surface area contributed by atoms with Crippen molar-refractivity contribution >= 4 is 23.4 Å². The van der Waals surface area contributed by atoms with Gasteiger partial charge in [-0.1, -0.05) is 0 Å². The van der Waals surface area contributed by atoms with Crippen molar-refractivity contribution in [3.8, 4) is 0 Å². The minimum atomic E-state index is -0.190. The second-order valence-corrected chi connectivity index (χ2v) is 3.92. The molecule has 1 amide bonds. The molecule has 0 aliphatic rings. The number of nitrogens with one attached hydrogen (secondary N) is 1. The molecule has 14 heavy (non-hydrogen) atoms. The van der Waals surface area contributed by atoms with Crippen molar-refractivity contribution in [2.24, 2.45) is 5.84 Å². The van der Waals surface area contributed by atoms with Crippen LogP contribution in [0.4, 0.5) is 5.69 Å². The van der Waals surface area contributed by atoms with E-state index in [-0.39, 0.29) is 5.91 Å². The van der Waals surface area contributed by atoms with Crippen LogP contribution >= 0.6 is 11.8 Å². The number of nitrogens with two attached hydrogens (primary N) is 2. The molecule has 5 N–H and O–H groups in total. The van der Waals surface area contributed by atoms with Crippen LogP contribution in [0.1, 0.15) is 5.56 Å². The molecule has 0 spiro atoms. The highest BCUT2D eigenvalue weighted by Gasteiger charge is 2.01. The van der Waals surface area contributed by atoms with Gasteiger partial charge in [-0.25, -0.2) is 5.84 Å². The second-order valence-electron chi connectivity index (χ2n) is 2.87. The van der Waals surface area contributed by atoms with Crippen molar-refractivity contribution in [1.82, 2.24) is 5.43 Å². The first kappa shape index (κ1) is 10.9. The molecule has 0 radical (unpaired) electrons. The number of carbonyl (C=O) groups is 1. The van der Waals surface area contributed by atoms with Crippen LogP contribution in [0.5, 0.6) is 0 Å². The predicted molar refractivity (Wildman–Crippen MR) is 58.6 cm³/mol. The lowest BCUT2D eigenvalue weighted by atomic mass is 10.2. The van der Waals surface area contributed by atoms with E-state index in [2.05, 4.69) is 5.43 Å². The van der Waals surface area contributed by atoms with Crippen LogP contribution < -0.4 is 17.0 Å². The topological polar surface area (TPSA) is 81.1 Å².